The summed E-state index contributed by atoms with van der Waals surface area (Å²) in [5.74, 6) is -1.74. The number of carbonyl (C=O) groups is 3. The third kappa shape index (κ3) is 6.16. The highest BCUT2D eigenvalue weighted by Gasteiger charge is 2.19. The van der Waals surface area contributed by atoms with Crippen molar-refractivity contribution in [1.29, 1.82) is 0 Å². The number of anilines is 1. The molecule has 0 aliphatic carbocycles. The van der Waals surface area contributed by atoms with E-state index in [0.717, 1.165) is 0 Å². The van der Waals surface area contributed by atoms with Gasteiger partial charge in [-0.3, -0.25) is 14.4 Å². The van der Waals surface area contributed by atoms with Crippen LogP contribution in [0.3, 0.4) is 0 Å². The maximum atomic E-state index is 12.5. The van der Waals surface area contributed by atoms with Gasteiger partial charge in [-0.15, -0.1) is 0 Å². The van der Waals surface area contributed by atoms with E-state index in [4.69, 9.17) is 4.74 Å². The van der Waals surface area contributed by atoms with E-state index in [9.17, 15) is 19.2 Å². The van der Waals surface area contributed by atoms with Crippen molar-refractivity contribution < 1.29 is 19.1 Å². The minimum atomic E-state index is -1.02. The van der Waals surface area contributed by atoms with E-state index in [-0.39, 0.29) is 23.1 Å². The van der Waals surface area contributed by atoms with Crippen LogP contribution >= 0.6 is 0 Å². The maximum Gasteiger partial charge on any atom is 0.363 e. The Balaban J connectivity index is 1.68. The zero-order chi connectivity index (χ0) is 24.7. The van der Waals surface area contributed by atoms with Gasteiger partial charge in [-0.05, 0) is 37.1 Å². The second kappa shape index (κ2) is 11.0. The number of benzene rings is 2. The van der Waals surface area contributed by atoms with Crippen molar-refractivity contribution in [3.63, 3.8) is 0 Å². The van der Waals surface area contributed by atoms with Crippen molar-refractivity contribution in [2.45, 2.75) is 20.8 Å². The van der Waals surface area contributed by atoms with Crippen molar-refractivity contribution in [2.24, 2.45) is 5.92 Å². The SMILES string of the molecule is Cc1cc(=O)c(C(=O)OCC(=O)Nc2ccccc2C(=O)NCC(C)C)nn1-c1ccccc1. The molecule has 0 fully saturated rings. The van der Waals surface area contributed by atoms with Gasteiger partial charge < -0.3 is 15.4 Å². The number of aryl methyl sites for hydroxylation is 1. The fourth-order valence-electron chi connectivity index (χ4n) is 3.09. The summed E-state index contributed by atoms with van der Waals surface area (Å²) >= 11 is 0. The smallest absolute Gasteiger partial charge is 0.363 e. The summed E-state index contributed by atoms with van der Waals surface area (Å²) in [6.07, 6.45) is 0. The van der Waals surface area contributed by atoms with E-state index in [0.29, 0.717) is 17.9 Å². The van der Waals surface area contributed by atoms with Crippen LogP contribution in [-0.4, -0.2) is 40.7 Å². The molecule has 3 aromatic rings. The standard InChI is InChI=1S/C25H26N4O5/c1-16(2)14-26-24(32)19-11-7-8-12-20(19)27-22(31)15-34-25(33)23-21(30)13-17(3)29(28-23)18-9-5-4-6-10-18/h4-13,16H,14-15H2,1-3H3,(H,26,32)(H,27,31). The Kier molecular flexibility index (Phi) is 7.92. The molecule has 176 valence electrons. The van der Waals surface area contributed by atoms with Crippen LogP contribution < -0.4 is 16.1 Å². The van der Waals surface area contributed by atoms with Crippen molar-refractivity contribution in [2.75, 3.05) is 18.5 Å². The first-order valence-corrected chi connectivity index (χ1v) is 10.8. The quantitative estimate of drug-likeness (QED) is 0.497. The summed E-state index contributed by atoms with van der Waals surface area (Å²) in [7, 11) is 0. The summed E-state index contributed by atoms with van der Waals surface area (Å²) in [4.78, 5) is 49.6. The number of esters is 1. The predicted molar refractivity (Wildman–Crippen MR) is 127 cm³/mol. The first-order valence-electron chi connectivity index (χ1n) is 10.8. The third-order valence-corrected chi connectivity index (χ3v) is 4.75. The molecule has 2 aromatic carbocycles. The van der Waals surface area contributed by atoms with Gasteiger partial charge in [-0.1, -0.05) is 44.2 Å². The highest BCUT2D eigenvalue weighted by molar-refractivity contribution is 6.04. The van der Waals surface area contributed by atoms with Gasteiger partial charge in [0.1, 0.15) is 0 Å². The molecule has 0 unspecified atom stereocenters. The lowest BCUT2D eigenvalue weighted by Crippen LogP contribution is -2.29. The monoisotopic (exact) mass is 462 g/mol. The number of nitrogens with one attached hydrogen (secondary N) is 2. The molecule has 0 radical (unpaired) electrons. The molecule has 0 atom stereocenters. The van der Waals surface area contributed by atoms with Crippen LogP contribution in [0.4, 0.5) is 5.69 Å². The lowest BCUT2D eigenvalue weighted by molar-refractivity contribution is -0.119. The second-order valence-electron chi connectivity index (χ2n) is 8.02. The van der Waals surface area contributed by atoms with Gasteiger partial charge in [-0.25, -0.2) is 9.48 Å². The Hall–Kier alpha value is -4.27. The number of amides is 2. The summed E-state index contributed by atoms with van der Waals surface area (Å²) in [6.45, 7) is 5.47. The van der Waals surface area contributed by atoms with E-state index in [1.165, 1.54) is 10.7 Å². The van der Waals surface area contributed by atoms with Gasteiger partial charge >= 0.3 is 5.97 Å². The summed E-state index contributed by atoms with van der Waals surface area (Å²) in [5.41, 5.74) is 0.730. The number of rotatable bonds is 8. The molecule has 9 heteroatoms. The zero-order valence-corrected chi connectivity index (χ0v) is 19.2. The Bertz CT molecular complexity index is 1250. The summed E-state index contributed by atoms with van der Waals surface area (Å²) in [6, 6.07) is 16.8. The lowest BCUT2D eigenvalue weighted by atomic mass is 10.1. The fourth-order valence-corrected chi connectivity index (χ4v) is 3.09. The molecule has 0 bridgehead atoms. The van der Waals surface area contributed by atoms with Gasteiger partial charge in [0.2, 0.25) is 11.1 Å². The highest BCUT2D eigenvalue weighted by Crippen LogP contribution is 2.15. The van der Waals surface area contributed by atoms with Gasteiger partial charge in [0.25, 0.3) is 11.8 Å². The summed E-state index contributed by atoms with van der Waals surface area (Å²) < 4.78 is 6.47. The van der Waals surface area contributed by atoms with Crippen LogP contribution in [0, 0.1) is 12.8 Å². The molecule has 0 saturated carbocycles. The van der Waals surface area contributed by atoms with Gasteiger partial charge in [0.05, 0.1) is 16.9 Å². The Morgan fingerprint density at radius 3 is 2.41 bits per heavy atom. The largest absolute Gasteiger partial charge is 0.451 e. The molecule has 34 heavy (non-hydrogen) atoms. The van der Waals surface area contributed by atoms with Crippen LogP contribution in [0.25, 0.3) is 5.69 Å². The molecule has 0 spiro atoms. The topological polar surface area (TPSA) is 119 Å². The number of ether oxygens (including phenoxy) is 1. The van der Waals surface area contributed by atoms with Crippen molar-refractivity contribution in [3.05, 3.63) is 87.8 Å². The van der Waals surface area contributed by atoms with E-state index in [1.807, 2.05) is 19.9 Å². The van der Waals surface area contributed by atoms with E-state index < -0.39 is 29.6 Å². The Morgan fingerprint density at radius 1 is 1.03 bits per heavy atom. The minimum absolute atomic E-state index is 0.270. The molecule has 0 saturated heterocycles. The second-order valence-corrected chi connectivity index (χ2v) is 8.02. The summed E-state index contributed by atoms with van der Waals surface area (Å²) in [5, 5.41) is 9.48. The van der Waals surface area contributed by atoms with Gasteiger partial charge in [0, 0.05) is 18.3 Å². The van der Waals surface area contributed by atoms with Crippen molar-refractivity contribution in [3.8, 4) is 5.69 Å². The predicted octanol–water partition coefficient (Wildman–Crippen LogP) is 2.72. The van der Waals surface area contributed by atoms with Gasteiger partial charge in [0.15, 0.2) is 6.61 Å². The first-order chi connectivity index (χ1) is 16.3. The minimum Gasteiger partial charge on any atom is -0.451 e. The Morgan fingerprint density at radius 2 is 1.71 bits per heavy atom. The maximum absolute atomic E-state index is 12.5. The average Bonchev–Trinajstić information content (AvgIpc) is 2.82. The zero-order valence-electron chi connectivity index (χ0n) is 19.2. The number of carbonyl (C=O) groups excluding carboxylic acids is 3. The van der Waals surface area contributed by atoms with E-state index in [1.54, 1.807) is 55.5 Å². The Labute approximate surface area is 196 Å². The average molecular weight is 463 g/mol. The molecule has 3 rings (SSSR count). The number of hydrogen-bond acceptors (Lipinski definition) is 6. The van der Waals surface area contributed by atoms with Crippen LogP contribution in [0.2, 0.25) is 0 Å². The normalized spacial score (nSPS) is 10.6. The van der Waals surface area contributed by atoms with Crippen LogP contribution in [0.1, 0.15) is 40.4 Å². The van der Waals surface area contributed by atoms with Crippen molar-refractivity contribution in [1.82, 2.24) is 15.1 Å². The third-order valence-electron chi connectivity index (χ3n) is 4.75. The number of nitrogens with zero attached hydrogens (tertiary/aromatic N) is 2. The molecule has 0 aliphatic rings. The molecule has 2 amide bonds. The number of hydrogen-bond donors (Lipinski definition) is 2. The molecule has 1 aromatic heterocycles. The molecular weight excluding hydrogens is 436 g/mol. The highest BCUT2D eigenvalue weighted by atomic mass is 16.5. The van der Waals surface area contributed by atoms with Crippen LogP contribution in [-0.2, 0) is 9.53 Å². The van der Waals surface area contributed by atoms with Crippen LogP contribution in [0.5, 0.6) is 0 Å². The molecule has 2 N–H and O–H groups in total. The van der Waals surface area contributed by atoms with E-state index in [2.05, 4.69) is 15.7 Å². The molecule has 9 nitrogen and oxygen atoms in total. The number of aromatic nitrogens is 2. The molecule has 1 heterocycles. The fraction of sp³-hybridized carbons (Fsp3) is 0.240. The molecule has 0 aliphatic heterocycles. The first kappa shape index (κ1) is 24.4. The van der Waals surface area contributed by atoms with Crippen molar-refractivity contribution >= 4 is 23.5 Å². The number of para-hydroxylation sites is 2. The van der Waals surface area contributed by atoms with Gasteiger partial charge in [-0.2, -0.15) is 5.10 Å². The lowest BCUT2D eigenvalue weighted by Gasteiger charge is -2.13. The van der Waals surface area contributed by atoms with Crippen LogP contribution in [0.15, 0.2) is 65.5 Å². The van der Waals surface area contributed by atoms with E-state index >= 15 is 0 Å². The molecular formula is C25H26N4O5.